The Kier molecular flexibility index (Phi) is 10.9. The zero-order chi connectivity index (χ0) is 37.0. The number of fused-ring (bicyclic) bond motifs is 3. The Bertz CT molecular complexity index is 1670. The number of alkyl carbamates (subject to hydrolysis) is 1. The molecule has 6 atom stereocenters. The van der Waals surface area contributed by atoms with Crippen LogP contribution in [0.4, 0.5) is 9.59 Å². The lowest BCUT2D eigenvalue weighted by Crippen LogP contribution is -2.58. The van der Waals surface area contributed by atoms with Gasteiger partial charge in [-0.15, -0.1) is 0 Å². The molecule has 3 heterocycles. The highest BCUT2D eigenvalue weighted by Crippen LogP contribution is 2.46. The maximum absolute atomic E-state index is 14.4. The maximum atomic E-state index is 14.4. The molecule has 278 valence electrons. The van der Waals surface area contributed by atoms with Gasteiger partial charge in [0.2, 0.25) is 17.7 Å². The number of hydrogen-bond donors (Lipinski definition) is 3. The van der Waals surface area contributed by atoms with Gasteiger partial charge in [0.1, 0.15) is 29.3 Å². The van der Waals surface area contributed by atoms with E-state index in [1.165, 1.54) is 4.90 Å². The number of allylic oxidation sites excluding steroid dienone is 1. The van der Waals surface area contributed by atoms with Crippen molar-refractivity contribution in [3.05, 3.63) is 83.4 Å². The quantitative estimate of drug-likeness (QED) is 0.358. The second kappa shape index (κ2) is 15.4. The molecule has 52 heavy (non-hydrogen) atoms. The van der Waals surface area contributed by atoms with Crippen molar-refractivity contribution in [3.8, 4) is 0 Å². The molecule has 1 saturated heterocycles. The number of amides is 5. The van der Waals surface area contributed by atoms with Crippen molar-refractivity contribution in [2.24, 2.45) is 5.92 Å². The van der Waals surface area contributed by atoms with Crippen molar-refractivity contribution in [1.29, 1.82) is 0 Å². The van der Waals surface area contributed by atoms with Crippen molar-refractivity contribution < 1.29 is 33.4 Å². The van der Waals surface area contributed by atoms with Gasteiger partial charge in [-0.25, -0.2) is 9.59 Å². The van der Waals surface area contributed by atoms with Crippen molar-refractivity contribution in [3.63, 3.8) is 0 Å². The zero-order valence-electron chi connectivity index (χ0n) is 30.6. The number of rotatable bonds is 5. The minimum Gasteiger partial charge on any atom is -0.444 e. The lowest BCUT2D eigenvalue weighted by atomic mass is 10.0. The average molecular weight is 714 g/mol. The maximum Gasteiger partial charge on any atom is 0.410 e. The summed E-state index contributed by atoms with van der Waals surface area (Å²) in [5.41, 5.74) is 1.04. The molecule has 3 N–H and O–H groups in total. The van der Waals surface area contributed by atoms with E-state index in [-0.39, 0.29) is 30.8 Å². The normalized spacial score (nSPS) is 27.4. The van der Waals surface area contributed by atoms with Crippen molar-refractivity contribution in [2.75, 3.05) is 6.54 Å². The Morgan fingerprint density at radius 1 is 0.962 bits per heavy atom. The van der Waals surface area contributed by atoms with Crippen LogP contribution in [0.15, 0.2) is 66.7 Å². The molecular weight excluding hydrogens is 662 g/mol. The molecule has 0 spiro atoms. The van der Waals surface area contributed by atoms with E-state index in [0.717, 1.165) is 36.0 Å². The van der Waals surface area contributed by atoms with Gasteiger partial charge >= 0.3 is 12.2 Å². The lowest BCUT2D eigenvalue weighted by molar-refractivity contribution is -0.141. The Morgan fingerprint density at radius 3 is 2.35 bits per heavy atom. The first kappa shape index (κ1) is 36.9. The number of nitrogens with one attached hydrogen (secondary N) is 3. The fraction of sp³-hybridized carbons (Fsp3) is 0.525. The van der Waals surface area contributed by atoms with Gasteiger partial charge in [0.15, 0.2) is 0 Å². The molecule has 1 saturated carbocycles. The highest BCUT2D eigenvalue weighted by atomic mass is 16.6. The molecule has 0 unspecified atom stereocenters. The fourth-order valence-electron chi connectivity index (χ4n) is 7.45. The zero-order valence-corrected chi connectivity index (χ0v) is 30.6. The molecular formula is C40H51N5O7. The van der Waals surface area contributed by atoms with Gasteiger partial charge in [0.25, 0.3) is 0 Å². The van der Waals surface area contributed by atoms with Gasteiger partial charge in [-0.05, 0) is 70.1 Å². The van der Waals surface area contributed by atoms with Crippen molar-refractivity contribution in [1.82, 2.24) is 25.8 Å². The third-order valence-corrected chi connectivity index (χ3v) is 10.3. The Morgan fingerprint density at radius 2 is 1.65 bits per heavy atom. The summed E-state index contributed by atoms with van der Waals surface area (Å²) >= 11 is 0. The molecule has 12 nitrogen and oxygen atoms in total. The highest BCUT2D eigenvalue weighted by Gasteiger charge is 2.61. The number of carbonyl (C=O) groups excluding carboxylic acids is 5. The van der Waals surface area contributed by atoms with E-state index in [9.17, 15) is 24.0 Å². The number of nitrogens with zero attached hydrogens (tertiary/aromatic N) is 2. The second-order valence-electron chi connectivity index (χ2n) is 15.5. The van der Waals surface area contributed by atoms with Crippen LogP contribution in [-0.2, 0) is 36.9 Å². The molecule has 3 aliphatic heterocycles. The minimum absolute atomic E-state index is 0.0382. The van der Waals surface area contributed by atoms with Gasteiger partial charge in [-0.3, -0.25) is 19.3 Å². The van der Waals surface area contributed by atoms with Crippen LogP contribution in [-0.4, -0.2) is 75.6 Å². The van der Waals surface area contributed by atoms with Crippen molar-refractivity contribution in [2.45, 2.75) is 121 Å². The van der Waals surface area contributed by atoms with Crippen LogP contribution < -0.4 is 16.0 Å². The van der Waals surface area contributed by atoms with Crippen LogP contribution in [0.1, 0.15) is 95.4 Å². The Hall–Kier alpha value is -4.87. The van der Waals surface area contributed by atoms with Crippen LogP contribution in [0.3, 0.4) is 0 Å². The molecule has 0 bridgehead atoms. The molecule has 2 fully saturated rings. The summed E-state index contributed by atoms with van der Waals surface area (Å²) < 4.78 is 11.5. The predicted molar refractivity (Wildman–Crippen MR) is 193 cm³/mol. The van der Waals surface area contributed by atoms with Crippen LogP contribution in [0.5, 0.6) is 0 Å². The summed E-state index contributed by atoms with van der Waals surface area (Å²) in [5, 5.41) is 8.91. The van der Waals surface area contributed by atoms with Gasteiger partial charge in [0, 0.05) is 25.4 Å². The molecule has 12 heteroatoms. The smallest absolute Gasteiger partial charge is 0.410 e. The molecule has 1 aliphatic carbocycles. The Balaban J connectivity index is 1.24. The standard InChI is InChI=1S/C40H51N5O7/c1-26(27-15-9-8-10-16-27)41-36(48)40-22-30(40)19-11-6-5-7-12-20-32(42-37(49)52-39(2,3)4)35(47)45-25-31(21-33(45)34(46)43-40)51-38(50)44-23-28-17-13-14-18-29(28)24-44/h8-11,13-19,26,30-33H,5-7,12,20-25H2,1-4H3,(H,41,48)(H,42,49)(H,43,46)/b19-11-/t26-,30-,31+,32-,33-,40+/m0/s1. The summed E-state index contributed by atoms with van der Waals surface area (Å²) in [6.07, 6.45) is 5.94. The van der Waals surface area contributed by atoms with E-state index in [1.807, 2.05) is 67.6 Å². The van der Waals surface area contributed by atoms with Crippen LogP contribution in [0.25, 0.3) is 0 Å². The lowest BCUT2D eigenvalue weighted by Gasteiger charge is -2.30. The largest absolute Gasteiger partial charge is 0.444 e. The van der Waals surface area contributed by atoms with Crippen molar-refractivity contribution >= 4 is 29.9 Å². The summed E-state index contributed by atoms with van der Waals surface area (Å²) in [6, 6.07) is 15.1. The fourth-order valence-corrected chi connectivity index (χ4v) is 7.45. The summed E-state index contributed by atoms with van der Waals surface area (Å²) in [4.78, 5) is 72.1. The average Bonchev–Trinajstić information content (AvgIpc) is 3.40. The molecule has 0 aromatic heterocycles. The van der Waals surface area contributed by atoms with E-state index in [2.05, 4.69) is 22.0 Å². The SMILES string of the molecule is C[C@H](NC(=O)[C@@]12C[C@@H]1/C=C\CCCCC[C@H](NC(=O)OC(C)(C)C)C(=O)N1C[C@H](OC(=O)N3Cc4ccccc4C3)C[C@H]1C(=O)N2)c1ccccc1. The Labute approximate surface area is 305 Å². The number of carbonyl (C=O) groups is 5. The second-order valence-corrected chi connectivity index (χ2v) is 15.5. The van der Waals surface area contributed by atoms with Gasteiger partial charge in [0.05, 0.1) is 12.6 Å². The first-order chi connectivity index (χ1) is 24.8. The monoisotopic (exact) mass is 713 g/mol. The first-order valence-corrected chi connectivity index (χ1v) is 18.5. The number of hydrogen-bond acceptors (Lipinski definition) is 7. The van der Waals surface area contributed by atoms with E-state index in [4.69, 9.17) is 9.47 Å². The molecule has 5 amide bonds. The molecule has 6 rings (SSSR count). The van der Waals surface area contributed by atoms with E-state index in [1.54, 1.807) is 25.7 Å². The molecule has 0 radical (unpaired) electrons. The highest BCUT2D eigenvalue weighted by molar-refractivity contribution is 5.98. The third kappa shape index (κ3) is 8.59. The van der Waals surface area contributed by atoms with Gasteiger partial charge < -0.3 is 30.3 Å². The van der Waals surface area contributed by atoms with Gasteiger partial charge in [-0.2, -0.15) is 0 Å². The predicted octanol–water partition coefficient (Wildman–Crippen LogP) is 5.27. The summed E-state index contributed by atoms with van der Waals surface area (Å²) in [5.74, 6) is -1.49. The van der Waals surface area contributed by atoms with E-state index in [0.29, 0.717) is 32.4 Å². The minimum atomic E-state index is -1.20. The number of benzene rings is 2. The van der Waals surface area contributed by atoms with Crippen LogP contribution in [0.2, 0.25) is 0 Å². The van der Waals surface area contributed by atoms with Gasteiger partial charge in [-0.1, -0.05) is 79.6 Å². The molecule has 4 aliphatic rings. The van der Waals surface area contributed by atoms with Crippen LogP contribution in [0, 0.1) is 5.92 Å². The number of ether oxygens (including phenoxy) is 2. The molecule has 2 aromatic rings. The molecule has 2 aromatic carbocycles. The van der Waals surface area contributed by atoms with Crippen LogP contribution >= 0.6 is 0 Å². The van der Waals surface area contributed by atoms with E-state index >= 15 is 0 Å². The summed E-state index contributed by atoms with van der Waals surface area (Å²) in [6.45, 7) is 7.91. The summed E-state index contributed by atoms with van der Waals surface area (Å²) in [7, 11) is 0. The third-order valence-electron chi connectivity index (χ3n) is 10.3. The van der Waals surface area contributed by atoms with E-state index < -0.39 is 53.3 Å². The first-order valence-electron chi connectivity index (χ1n) is 18.5. The topological polar surface area (TPSA) is 146 Å².